The second-order valence-corrected chi connectivity index (χ2v) is 5.47. The van der Waals surface area contributed by atoms with E-state index < -0.39 is 0 Å². The van der Waals surface area contributed by atoms with Gasteiger partial charge in [-0.3, -0.25) is 9.69 Å². The molecular weight excluding hydrogens is 224 g/mol. The Hall–Kier alpha value is -1.35. The van der Waals surface area contributed by atoms with Gasteiger partial charge in [-0.1, -0.05) is 30.3 Å². The van der Waals surface area contributed by atoms with E-state index in [1.54, 1.807) is 0 Å². The van der Waals surface area contributed by atoms with E-state index in [-0.39, 0.29) is 0 Å². The Morgan fingerprint density at radius 2 is 1.89 bits per heavy atom. The lowest BCUT2D eigenvalue weighted by Crippen LogP contribution is -2.49. The molecule has 2 fully saturated rings. The van der Waals surface area contributed by atoms with Crippen molar-refractivity contribution in [2.45, 2.75) is 18.9 Å². The number of nitrogens with zero attached hydrogens (tertiary/aromatic N) is 2. The van der Waals surface area contributed by atoms with Crippen LogP contribution in [0.2, 0.25) is 0 Å². The van der Waals surface area contributed by atoms with Gasteiger partial charge in [-0.05, 0) is 25.5 Å². The van der Waals surface area contributed by atoms with Crippen LogP contribution in [0.5, 0.6) is 0 Å². The molecule has 3 heteroatoms. The SMILES string of the molecule is CN1CCN(C(=O)C2CC2)CC1c1ccccc1. The molecule has 1 atom stereocenters. The Morgan fingerprint density at radius 3 is 2.56 bits per heavy atom. The number of benzene rings is 1. The van der Waals surface area contributed by atoms with Gasteiger partial charge in [0.2, 0.25) is 5.91 Å². The van der Waals surface area contributed by atoms with Crippen LogP contribution in [0.15, 0.2) is 30.3 Å². The third kappa shape index (κ3) is 2.27. The van der Waals surface area contributed by atoms with Crippen LogP contribution in [0.4, 0.5) is 0 Å². The Balaban J connectivity index is 1.74. The van der Waals surface area contributed by atoms with Gasteiger partial charge >= 0.3 is 0 Å². The van der Waals surface area contributed by atoms with Crippen LogP contribution in [0.25, 0.3) is 0 Å². The summed E-state index contributed by atoms with van der Waals surface area (Å²) in [5, 5.41) is 0. The standard InChI is InChI=1S/C15H20N2O/c1-16-9-10-17(15(18)13-7-8-13)11-14(16)12-5-3-2-4-6-12/h2-6,13-14H,7-11H2,1H3. The smallest absolute Gasteiger partial charge is 0.225 e. The fraction of sp³-hybridized carbons (Fsp3) is 0.533. The first-order chi connectivity index (χ1) is 8.75. The van der Waals surface area contributed by atoms with Crippen molar-refractivity contribution in [1.82, 2.24) is 9.80 Å². The first kappa shape index (κ1) is 11.7. The van der Waals surface area contributed by atoms with Crippen molar-refractivity contribution in [3.05, 3.63) is 35.9 Å². The zero-order chi connectivity index (χ0) is 12.5. The highest BCUT2D eigenvalue weighted by Crippen LogP contribution is 2.33. The summed E-state index contributed by atoms with van der Waals surface area (Å²) < 4.78 is 0. The third-order valence-corrected chi connectivity index (χ3v) is 4.07. The van der Waals surface area contributed by atoms with Gasteiger partial charge in [-0.2, -0.15) is 0 Å². The Labute approximate surface area is 108 Å². The van der Waals surface area contributed by atoms with Gasteiger partial charge in [-0.15, -0.1) is 0 Å². The molecule has 1 saturated carbocycles. The monoisotopic (exact) mass is 244 g/mol. The van der Waals surface area contributed by atoms with Crippen molar-refractivity contribution in [1.29, 1.82) is 0 Å². The molecule has 0 spiro atoms. The molecule has 3 rings (SSSR count). The van der Waals surface area contributed by atoms with E-state index in [2.05, 4.69) is 41.1 Å². The van der Waals surface area contributed by atoms with E-state index in [0.717, 1.165) is 32.5 Å². The summed E-state index contributed by atoms with van der Waals surface area (Å²) in [6, 6.07) is 10.9. The van der Waals surface area contributed by atoms with Gasteiger partial charge in [0.1, 0.15) is 0 Å². The molecule has 1 aromatic carbocycles. The maximum absolute atomic E-state index is 12.2. The number of hydrogen-bond donors (Lipinski definition) is 0. The van der Waals surface area contributed by atoms with Crippen molar-refractivity contribution >= 4 is 5.91 Å². The lowest BCUT2D eigenvalue weighted by atomic mass is 10.0. The number of hydrogen-bond acceptors (Lipinski definition) is 2. The molecule has 0 aromatic heterocycles. The molecule has 1 amide bonds. The minimum atomic E-state index is 0.338. The van der Waals surface area contributed by atoms with Crippen LogP contribution < -0.4 is 0 Å². The number of amides is 1. The van der Waals surface area contributed by atoms with Gasteiger partial charge in [0.25, 0.3) is 0 Å². The molecule has 3 nitrogen and oxygen atoms in total. The summed E-state index contributed by atoms with van der Waals surface area (Å²) in [7, 11) is 2.15. The highest BCUT2D eigenvalue weighted by molar-refractivity contribution is 5.81. The summed E-state index contributed by atoms with van der Waals surface area (Å²) >= 11 is 0. The topological polar surface area (TPSA) is 23.6 Å². The predicted molar refractivity (Wildman–Crippen MR) is 71.1 cm³/mol. The average molecular weight is 244 g/mol. The molecule has 1 saturated heterocycles. The summed E-state index contributed by atoms with van der Waals surface area (Å²) in [5.41, 5.74) is 1.31. The van der Waals surface area contributed by atoms with Crippen LogP contribution in [-0.4, -0.2) is 42.4 Å². The number of carbonyl (C=O) groups is 1. The van der Waals surface area contributed by atoms with Crippen molar-refractivity contribution in [2.24, 2.45) is 5.92 Å². The molecule has 18 heavy (non-hydrogen) atoms. The zero-order valence-corrected chi connectivity index (χ0v) is 10.9. The minimum Gasteiger partial charge on any atom is -0.339 e. The fourth-order valence-corrected chi connectivity index (χ4v) is 2.70. The van der Waals surface area contributed by atoms with E-state index in [4.69, 9.17) is 0 Å². The maximum Gasteiger partial charge on any atom is 0.225 e. The van der Waals surface area contributed by atoms with Gasteiger partial charge in [-0.25, -0.2) is 0 Å². The van der Waals surface area contributed by atoms with Crippen molar-refractivity contribution < 1.29 is 4.79 Å². The maximum atomic E-state index is 12.2. The van der Waals surface area contributed by atoms with Crippen LogP contribution in [0.3, 0.4) is 0 Å². The molecule has 1 aliphatic carbocycles. The molecule has 1 aliphatic heterocycles. The largest absolute Gasteiger partial charge is 0.339 e. The van der Waals surface area contributed by atoms with E-state index in [0.29, 0.717) is 17.9 Å². The summed E-state index contributed by atoms with van der Waals surface area (Å²) in [6.45, 7) is 2.70. The molecule has 1 unspecified atom stereocenters. The Kier molecular flexibility index (Phi) is 3.08. The van der Waals surface area contributed by atoms with Crippen molar-refractivity contribution in [3.63, 3.8) is 0 Å². The van der Waals surface area contributed by atoms with Crippen LogP contribution >= 0.6 is 0 Å². The van der Waals surface area contributed by atoms with Crippen LogP contribution in [0, 0.1) is 5.92 Å². The van der Waals surface area contributed by atoms with Gasteiger partial charge in [0, 0.05) is 25.6 Å². The Morgan fingerprint density at radius 1 is 1.17 bits per heavy atom. The number of carbonyl (C=O) groups excluding carboxylic acids is 1. The second-order valence-electron chi connectivity index (χ2n) is 5.47. The van der Waals surface area contributed by atoms with Crippen LogP contribution in [-0.2, 0) is 4.79 Å². The zero-order valence-electron chi connectivity index (χ0n) is 10.9. The minimum absolute atomic E-state index is 0.338. The number of likely N-dealkylation sites (N-methyl/N-ethyl adjacent to an activating group) is 1. The van der Waals surface area contributed by atoms with E-state index in [1.165, 1.54) is 5.56 Å². The fourth-order valence-electron chi connectivity index (χ4n) is 2.70. The molecule has 1 aromatic rings. The highest BCUT2D eigenvalue weighted by Gasteiger charge is 2.36. The molecule has 1 heterocycles. The van der Waals surface area contributed by atoms with Gasteiger partial charge in [0.15, 0.2) is 0 Å². The van der Waals surface area contributed by atoms with E-state index in [9.17, 15) is 4.79 Å². The Bertz CT molecular complexity index is 427. The summed E-state index contributed by atoms with van der Waals surface area (Å²) in [4.78, 5) is 16.6. The predicted octanol–water partition coefficient (Wildman–Crippen LogP) is 1.91. The van der Waals surface area contributed by atoms with Crippen molar-refractivity contribution in [2.75, 3.05) is 26.7 Å². The normalized spacial score (nSPS) is 25.2. The van der Waals surface area contributed by atoms with Crippen LogP contribution in [0.1, 0.15) is 24.4 Å². The number of rotatable bonds is 2. The first-order valence-corrected chi connectivity index (χ1v) is 6.79. The highest BCUT2D eigenvalue weighted by atomic mass is 16.2. The molecule has 96 valence electrons. The summed E-state index contributed by atoms with van der Waals surface area (Å²) in [5.74, 6) is 0.717. The molecule has 0 bridgehead atoms. The molecular formula is C15H20N2O. The average Bonchev–Trinajstić information content (AvgIpc) is 3.24. The quantitative estimate of drug-likeness (QED) is 0.793. The van der Waals surface area contributed by atoms with E-state index >= 15 is 0 Å². The lowest BCUT2D eigenvalue weighted by molar-refractivity contribution is -0.135. The molecule has 0 radical (unpaired) electrons. The molecule has 2 aliphatic rings. The van der Waals surface area contributed by atoms with Gasteiger partial charge < -0.3 is 4.90 Å². The van der Waals surface area contributed by atoms with E-state index in [1.807, 2.05) is 6.07 Å². The number of piperazine rings is 1. The summed E-state index contributed by atoms with van der Waals surface area (Å²) in [6.07, 6.45) is 2.20. The lowest BCUT2D eigenvalue weighted by Gasteiger charge is -2.39. The van der Waals surface area contributed by atoms with Gasteiger partial charge in [0.05, 0.1) is 6.04 Å². The second kappa shape index (κ2) is 4.73. The van der Waals surface area contributed by atoms with Crippen molar-refractivity contribution in [3.8, 4) is 0 Å². The molecule has 0 N–H and O–H groups in total. The third-order valence-electron chi connectivity index (χ3n) is 4.07. The first-order valence-electron chi connectivity index (χ1n) is 6.79.